The molecule has 3 rings (SSSR count). The van der Waals surface area contributed by atoms with Gasteiger partial charge >= 0.3 is 5.76 Å². The molecule has 0 bridgehead atoms. The van der Waals surface area contributed by atoms with Crippen molar-refractivity contribution in [1.29, 1.82) is 0 Å². The third-order valence-corrected chi connectivity index (χ3v) is 2.97. The molecular weight excluding hydrogens is 258 g/mol. The number of H-pyrrole nitrogens is 1. The Bertz CT molecular complexity index is 820. The van der Waals surface area contributed by atoms with E-state index in [4.69, 9.17) is 4.42 Å². The van der Waals surface area contributed by atoms with Crippen LogP contribution in [0.15, 0.2) is 39.5 Å². The second kappa shape index (κ2) is 4.73. The van der Waals surface area contributed by atoms with E-state index in [2.05, 4.69) is 15.3 Å². The van der Waals surface area contributed by atoms with Gasteiger partial charge in [0.1, 0.15) is 11.4 Å². The van der Waals surface area contributed by atoms with Crippen LogP contribution in [0.25, 0.3) is 11.1 Å². The summed E-state index contributed by atoms with van der Waals surface area (Å²) in [5, 5.41) is 12.9. The van der Waals surface area contributed by atoms with Gasteiger partial charge in [0, 0.05) is 11.4 Å². The first-order valence-corrected chi connectivity index (χ1v) is 6.14. The number of aryl methyl sites for hydroxylation is 1. The molecule has 0 saturated carbocycles. The summed E-state index contributed by atoms with van der Waals surface area (Å²) in [5.74, 6) is -0.323. The van der Waals surface area contributed by atoms with Crippen LogP contribution in [0.5, 0.6) is 5.75 Å². The maximum absolute atomic E-state index is 11.1. The molecule has 102 valence electrons. The highest BCUT2D eigenvalue weighted by molar-refractivity contribution is 5.76. The summed E-state index contributed by atoms with van der Waals surface area (Å²) in [6, 6.07) is 8.65. The molecule has 0 atom stereocenters. The first-order chi connectivity index (χ1) is 9.61. The lowest BCUT2D eigenvalue weighted by Gasteiger charge is -2.08. The summed E-state index contributed by atoms with van der Waals surface area (Å²) >= 11 is 0. The molecule has 0 saturated heterocycles. The summed E-state index contributed by atoms with van der Waals surface area (Å²) < 4.78 is 4.93. The number of hydrogen-bond donors (Lipinski definition) is 3. The van der Waals surface area contributed by atoms with Crippen LogP contribution in [0.3, 0.4) is 0 Å². The number of nitrogens with one attached hydrogen (secondary N) is 2. The number of pyridine rings is 1. The molecule has 0 radical (unpaired) electrons. The van der Waals surface area contributed by atoms with Gasteiger partial charge in [-0.05, 0) is 37.3 Å². The first kappa shape index (κ1) is 12.3. The number of rotatable bonds is 3. The van der Waals surface area contributed by atoms with Crippen molar-refractivity contribution in [2.75, 3.05) is 5.32 Å². The fourth-order valence-electron chi connectivity index (χ4n) is 1.98. The zero-order chi connectivity index (χ0) is 14.1. The quantitative estimate of drug-likeness (QED) is 0.679. The lowest BCUT2D eigenvalue weighted by molar-refractivity contribution is 0.464. The molecular formula is C14H13N3O3. The maximum Gasteiger partial charge on any atom is 0.417 e. The van der Waals surface area contributed by atoms with Gasteiger partial charge in [0.05, 0.1) is 12.1 Å². The predicted molar refractivity (Wildman–Crippen MR) is 74.8 cm³/mol. The number of aromatic nitrogens is 2. The second-order valence-corrected chi connectivity index (χ2v) is 4.50. The normalized spacial score (nSPS) is 10.8. The maximum atomic E-state index is 11.1. The average molecular weight is 271 g/mol. The molecule has 0 amide bonds. The summed E-state index contributed by atoms with van der Waals surface area (Å²) in [6.07, 6.45) is 0. The highest BCUT2D eigenvalue weighted by Gasteiger charge is 2.05. The lowest BCUT2D eigenvalue weighted by Crippen LogP contribution is -2.02. The van der Waals surface area contributed by atoms with Gasteiger partial charge in [-0.15, -0.1) is 0 Å². The molecule has 0 aliphatic rings. The molecule has 1 aromatic carbocycles. The van der Waals surface area contributed by atoms with E-state index in [1.807, 2.05) is 6.92 Å². The highest BCUT2D eigenvalue weighted by atomic mass is 16.4. The minimum Gasteiger partial charge on any atom is -0.506 e. The third kappa shape index (κ3) is 2.35. The number of fused-ring (bicyclic) bond motifs is 1. The van der Waals surface area contributed by atoms with Crippen LogP contribution >= 0.6 is 0 Å². The van der Waals surface area contributed by atoms with E-state index in [0.717, 1.165) is 11.4 Å². The molecule has 0 fully saturated rings. The van der Waals surface area contributed by atoms with Crippen LogP contribution in [0, 0.1) is 6.92 Å². The van der Waals surface area contributed by atoms with E-state index in [1.165, 1.54) is 0 Å². The van der Waals surface area contributed by atoms with Crippen molar-refractivity contribution in [2.45, 2.75) is 13.5 Å². The number of aromatic hydroxyl groups is 1. The summed E-state index contributed by atoms with van der Waals surface area (Å²) in [6.45, 7) is 2.26. The Labute approximate surface area is 114 Å². The second-order valence-electron chi connectivity index (χ2n) is 4.50. The lowest BCUT2D eigenvalue weighted by atomic mass is 10.2. The highest BCUT2D eigenvalue weighted by Crippen LogP contribution is 2.19. The van der Waals surface area contributed by atoms with E-state index in [0.29, 0.717) is 23.3 Å². The van der Waals surface area contributed by atoms with Crippen LogP contribution < -0.4 is 11.1 Å². The number of aromatic amines is 1. The van der Waals surface area contributed by atoms with Gasteiger partial charge in [-0.3, -0.25) is 9.97 Å². The predicted octanol–water partition coefficient (Wildman–Crippen LogP) is 2.14. The molecule has 20 heavy (non-hydrogen) atoms. The van der Waals surface area contributed by atoms with Crippen molar-refractivity contribution in [3.63, 3.8) is 0 Å². The van der Waals surface area contributed by atoms with Crippen LogP contribution in [-0.4, -0.2) is 15.1 Å². The minimum absolute atomic E-state index is 0.154. The number of nitrogens with zero attached hydrogens (tertiary/aromatic N) is 1. The topological polar surface area (TPSA) is 91.1 Å². The Balaban J connectivity index is 1.82. The van der Waals surface area contributed by atoms with Crippen LogP contribution in [0.1, 0.15) is 11.4 Å². The van der Waals surface area contributed by atoms with E-state index in [9.17, 15) is 9.90 Å². The number of hydrogen-bond acceptors (Lipinski definition) is 5. The zero-order valence-corrected chi connectivity index (χ0v) is 10.8. The SMILES string of the molecule is Cc1ccc(O)c(CNc2ccc3oc(=O)[nH]c3c2)n1. The van der Waals surface area contributed by atoms with Gasteiger partial charge in [-0.25, -0.2) is 4.79 Å². The Hall–Kier alpha value is -2.76. The van der Waals surface area contributed by atoms with Crippen molar-refractivity contribution in [3.8, 4) is 5.75 Å². The van der Waals surface area contributed by atoms with Crippen molar-refractivity contribution < 1.29 is 9.52 Å². The third-order valence-electron chi connectivity index (χ3n) is 2.97. The monoisotopic (exact) mass is 271 g/mol. The van der Waals surface area contributed by atoms with Crippen LogP contribution in [-0.2, 0) is 6.54 Å². The molecule has 3 aromatic rings. The van der Waals surface area contributed by atoms with Crippen LogP contribution in [0.4, 0.5) is 5.69 Å². The Kier molecular flexibility index (Phi) is 2.90. The molecule has 0 aliphatic carbocycles. The molecule has 6 nitrogen and oxygen atoms in total. The van der Waals surface area contributed by atoms with E-state index in [-0.39, 0.29) is 5.75 Å². The summed E-state index contributed by atoms with van der Waals surface area (Å²) in [4.78, 5) is 17.9. The molecule has 0 unspecified atom stereocenters. The van der Waals surface area contributed by atoms with Crippen molar-refractivity contribution >= 4 is 16.8 Å². The Morgan fingerprint density at radius 3 is 3.05 bits per heavy atom. The fourth-order valence-corrected chi connectivity index (χ4v) is 1.98. The van der Waals surface area contributed by atoms with E-state index in [1.54, 1.807) is 30.3 Å². The molecule has 2 aromatic heterocycles. The van der Waals surface area contributed by atoms with E-state index < -0.39 is 5.76 Å². The smallest absolute Gasteiger partial charge is 0.417 e. The Morgan fingerprint density at radius 2 is 2.20 bits per heavy atom. The fraction of sp³-hybridized carbons (Fsp3) is 0.143. The summed E-state index contributed by atoms with van der Waals surface area (Å²) in [7, 11) is 0. The van der Waals surface area contributed by atoms with Gasteiger partial charge in [-0.1, -0.05) is 0 Å². The molecule has 6 heteroatoms. The standard InChI is InChI=1S/C14H13N3O3/c1-8-2-4-12(18)11(16-8)7-15-9-3-5-13-10(6-9)17-14(19)20-13/h2-6,15,18H,7H2,1H3,(H,17,19). The first-order valence-electron chi connectivity index (χ1n) is 6.14. The van der Waals surface area contributed by atoms with Crippen LogP contribution in [0.2, 0.25) is 0 Å². The number of oxazole rings is 1. The zero-order valence-electron chi connectivity index (χ0n) is 10.8. The summed E-state index contributed by atoms with van der Waals surface area (Å²) in [5.41, 5.74) is 3.36. The Morgan fingerprint density at radius 1 is 1.35 bits per heavy atom. The van der Waals surface area contributed by atoms with E-state index >= 15 is 0 Å². The van der Waals surface area contributed by atoms with Gasteiger partial charge in [0.2, 0.25) is 0 Å². The van der Waals surface area contributed by atoms with Crippen molar-refractivity contribution in [2.24, 2.45) is 0 Å². The number of anilines is 1. The van der Waals surface area contributed by atoms with Crippen molar-refractivity contribution in [1.82, 2.24) is 9.97 Å². The molecule has 3 N–H and O–H groups in total. The average Bonchev–Trinajstić information content (AvgIpc) is 2.79. The molecule has 0 spiro atoms. The largest absolute Gasteiger partial charge is 0.506 e. The van der Waals surface area contributed by atoms with Gasteiger partial charge in [0.15, 0.2) is 5.58 Å². The van der Waals surface area contributed by atoms with Gasteiger partial charge in [-0.2, -0.15) is 0 Å². The molecule has 0 aliphatic heterocycles. The van der Waals surface area contributed by atoms with Crippen molar-refractivity contribution in [3.05, 3.63) is 52.3 Å². The number of benzene rings is 1. The van der Waals surface area contributed by atoms with Gasteiger partial charge < -0.3 is 14.8 Å². The van der Waals surface area contributed by atoms with Gasteiger partial charge in [0.25, 0.3) is 0 Å². The molecule has 2 heterocycles. The minimum atomic E-state index is -0.477.